The van der Waals surface area contributed by atoms with Gasteiger partial charge in [0.2, 0.25) is 0 Å². The summed E-state index contributed by atoms with van der Waals surface area (Å²) in [7, 11) is 0. The standard InChI is InChI=1S/C25H23BrN2O5S/c1-4-32-19-9-7-6-8-17(19)22-21(24(31)33-5-2)14(3)27-25-28(22)23(30)20(34-25)13-15-12-16(26)10-11-18(15)29/h6-13,22,29H,4-5H2,1-3H3. The molecule has 1 aromatic heterocycles. The monoisotopic (exact) mass is 542 g/mol. The summed E-state index contributed by atoms with van der Waals surface area (Å²) in [5.41, 5.74) is 1.60. The molecule has 34 heavy (non-hydrogen) atoms. The van der Waals surface area contributed by atoms with Crippen molar-refractivity contribution in [3.63, 3.8) is 0 Å². The summed E-state index contributed by atoms with van der Waals surface area (Å²) in [5, 5.41) is 10.3. The molecule has 4 rings (SSSR count). The molecule has 2 aromatic carbocycles. The van der Waals surface area contributed by atoms with Crippen LogP contribution in [0.2, 0.25) is 0 Å². The third-order valence-corrected chi connectivity index (χ3v) is 6.78. The summed E-state index contributed by atoms with van der Waals surface area (Å²) in [6.45, 7) is 5.97. The molecular formula is C25H23BrN2O5S. The smallest absolute Gasteiger partial charge is 0.338 e. The minimum Gasteiger partial charge on any atom is -0.507 e. The molecule has 0 saturated heterocycles. The van der Waals surface area contributed by atoms with Gasteiger partial charge < -0.3 is 14.6 Å². The van der Waals surface area contributed by atoms with Gasteiger partial charge in [-0.3, -0.25) is 9.36 Å². The number of hydrogen-bond donors (Lipinski definition) is 1. The zero-order valence-electron chi connectivity index (χ0n) is 18.9. The Bertz CT molecular complexity index is 1470. The van der Waals surface area contributed by atoms with Gasteiger partial charge in [-0.1, -0.05) is 45.5 Å². The fourth-order valence-corrected chi connectivity index (χ4v) is 5.28. The summed E-state index contributed by atoms with van der Waals surface area (Å²) in [5.74, 6) is 0.0975. The summed E-state index contributed by atoms with van der Waals surface area (Å²) in [6, 6.07) is 11.6. The van der Waals surface area contributed by atoms with Crippen LogP contribution in [0.15, 0.2) is 68.0 Å². The van der Waals surface area contributed by atoms with Crippen molar-refractivity contribution < 1.29 is 19.4 Å². The van der Waals surface area contributed by atoms with Gasteiger partial charge in [0.1, 0.15) is 17.5 Å². The van der Waals surface area contributed by atoms with E-state index in [1.165, 1.54) is 15.9 Å². The van der Waals surface area contributed by atoms with Crippen LogP contribution in [0.1, 0.15) is 37.9 Å². The zero-order chi connectivity index (χ0) is 24.4. The number of allylic oxidation sites excluding steroid dienone is 1. The first-order chi connectivity index (χ1) is 16.3. The van der Waals surface area contributed by atoms with E-state index >= 15 is 0 Å². The maximum absolute atomic E-state index is 13.7. The van der Waals surface area contributed by atoms with E-state index in [1.807, 2.05) is 31.2 Å². The van der Waals surface area contributed by atoms with Crippen LogP contribution in [0.3, 0.4) is 0 Å². The van der Waals surface area contributed by atoms with Gasteiger partial charge in [-0.25, -0.2) is 9.79 Å². The number of ether oxygens (including phenoxy) is 2. The lowest BCUT2D eigenvalue weighted by atomic mass is 9.95. The van der Waals surface area contributed by atoms with Crippen molar-refractivity contribution in [2.75, 3.05) is 13.2 Å². The molecule has 1 atom stereocenters. The van der Waals surface area contributed by atoms with Crippen LogP contribution in [-0.4, -0.2) is 28.9 Å². The van der Waals surface area contributed by atoms with Crippen LogP contribution in [0, 0.1) is 0 Å². The minimum absolute atomic E-state index is 0.0515. The van der Waals surface area contributed by atoms with E-state index in [0.29, 0.717) is 44.1 Å². The van der Waals surface area contributed by atoms with E-state index in [1.54, 1.807) is 38.1 Å². The van der Waals surface area contributed by atoms with E-state index in [0.717, 1.165) is 4.47 Å². The number of phenols is 1. The molecule has 1 N–H and O–H groups in total. The van der Waals surface area contributed by atoms with Crippen LogP contribution >= 0.6 is 27.3 Å². The topological polar surface area (TPSA) is 90.1 Å². The molecule has 0 radical (unpaired) electrons. The Morgan fingerprint density at radius 3 is 2.74 bits per heavy atom. The molecule has 0 bridgehead atoms. The highest BCUT2D eigenvalue weighted by atomic mass is 79.9. The van der Waals surface area contributed by atoms with Crippen molar-refractivity contribution in [3.8, 4) is 11.5 Å². The Morgan fingerprint density at radius 2 is 2.00 bits per heavy atom. The maximum atomic E-state index is 13.7. The van der Waals surface area contributed by atoms with E-state index in [4.69, 9.17) is 9.47 Å². The van der Waals surface area contributed by atoms with Gasteiger partial charge in [0.25, 0.3) is 5.56 Å². The fourth-order valence-electron chi connectivity index (χ4n) is 3.86. The Labute approximate surface area is 208 Å². The van der Waals surface area contributed by atoms with Gasteiger partial charge >= 0.3 is 5.97 Å². The largest absolute Gasteiger partial charge is 0.507 e. The van der Waals surface area contributed by atoms with Gasteiger partial charge in [0.15, 0.2) is 4.80 Å². The number of halogens is 1. The number of nitrogens with zero attached hydrogens (tertiary/aromatic N) is 2. The number of carbonyl (C=O) groups excluding carboxylic acids is 1. The van der Waals surface area contributed by atoms with Crippen molar-refractivity contribution in [3.05, 3.63) is 89.0 Å². The van der Waals surface area contributed by atoms with E-state index < -0.39 is 12.0 Å². The van der Waals surface area contributed by atoms with E-state index in [9.17, 15) is 14.7 Å². The number of phenolic OH excluding ortho intramolecular Hbond substituents is 1. The molecule has 1 aliphatic heterocycles. The highest BCUT2D eigenvalue weighted by molar-refractivity contribution is 9.10. The number of aromatic hydroxyl groups is 1. The Morgan fingerprint density at radius 1 is 1.24 bits per heavy atom. The second-order valence-corrected chi connectivity index (χ2v) is 9.40. The maximum Gasteiger partial charge on any atom is 0.338 e. The molecule has 0 fully saturated rings. The second-order valence-electron chi connectivity index (χ2n) is 7.48. The molecule has 0 spiro atoms. The molecule has 9 heteroatoms. The average molecular weight is 543 g/mol. The fraction of sp³-hybridized carbons (Fsp3) is 0.240. The van der Waals surface area contributed by atoms with E-state index in [2.05, 4.69) is 20.9 Å². The number of hydrogen-bond acceptors (Lipinski definition) is 7. The minimum atomic E-state index is -0.767. The third-order valence-electron chi connectivity index (χ3n) is 5.31. The van der Waals surface area contributed by atoms with Crippen molar-refractivity contribution >= 4 is 39.3 Å². The number of rotatable bonds is 6. The van der Waals surface area contributed by atoms with Gasteiger partial charge in [-0.2, -0.15) is 0 Å². The van der Waals surface area contributed by atoms with Gasteiger partial charge in [0, 0.05) is 15.6 Å². The first-order valence-corrected chi connectivity index (χ1v) is 12.4. The zero-order valence-corrected chi connectivity index (χ0v) is 21.3. The van der Waals surface area contributed by atoms with Crippen LogP contribution in [0.4, 0.5) is 0 Å². The van der Waals surface area contributed by atoms with Crippen molar-refractivity contribution in [1.29, 1.82) is 0 Å². The molecule has 7 nitrogen and oxygen atoms in total. The van der Waals surface area contributed by atoms with Crippen LogP contribution in [0.5, 0.6) is 11.5 Å². The van der Waals surface area contributed by atoms with Gasteiger partial charge in [0.05, 0.1) is 29.0 Å². The summed E-state index contributed by atoms with van der Waals surface area (Å²) < 4.78 is 13.8. The number of benzene rings is 2. The summed E-state index contributed by atoms with van der Waals surface area (Å²) in [6.07, 6.45) is 1.62. The Kier molecular flexibility index (Phi) is 7.04. The Hall–Kier alpha value is -3.17. The summed E-state index contributed by atoms with van der Waals surface area (Å²) in [4.78, 5) is 31.7. The highest BCUT2D eigenvalue weighted by Gasteiger charge is 2.35. The molecular weight excluding hydrogens is 520 g/mol. The predicted octanol–water partition coefficient (Wildman–Crippen LogP) is 3.67. The molecule has 0 aliphatic carbocycles. The number of aromatic nitrogens is 1. The first-order valence-electron chi connectivity index (χ1n) is 10.8. The number of fused-ring (bicyclic) bond motifs is 1. The van der Waals surface area contributed by atoms with Crippen LogP contribution in [-0.2, 0) is 9.53 Å². The molecule has 176 valence electrons. The average Bonchev–Trinajstić information content (AvgIpc) is 3.10. The molecule has 2 heterocycles. The number of carbonyl (C=O) groups is 1. The Balaban J connectivity index is 2.00. The predicted molar refractivity (Wildman–Crippen MR) is 134 cm³/mol. The molecule has 0 saturated carbocycles. The van der Waals surface area contributed by atoms with Gasteiger partial charge in [-0.15, -0.1) is 0 Å². The molecule has 0 amide bonds. The molecule has 1 aliphatic rings. The lowest BCUT2D eigenvalue weighted by Gasteiger charge is -2.26. The third kappa shape index (κ3) is 4.45. The molecule has 3 aromatic rings. The number of para-hydroxylation sites is 1. The lowest BCUT2D eigenvalue weighted by molar-refractivity contribution is -0.139. The SMILES string of the molecule is CCOC(=O)C1=C(C)N=c2sc(=Cc3cc(Br)ccc3O)c(=O)n2C1c1ccccc1OCC. The number of esters is 1. The highest BCUT2D eigenvalue weighted by Crippen LogP contribution is 2.35. The van der Waals surface area contributed by atoms with Gasteiger partial charge in [-0.05, 0) is 51.1 Å². The number of thiazole rings is 1. The van der Waals surface area contributed by atoms with Crippen LogP contribution in [0.25, 0.3) is 6.08 Å². The van der Waals surface area contributed by atoms with E-state index in [-0.39, 0.29) is 17.9 Å². The second kappa shape index (κ2) is 9.99. The lowest BCUT2D eigenvalue weighted by Crippen LogP contribution is -2.40. The molecule has 1 unspecified atom stereocenters. The van der Waals surface area contributed by atoms with Crippen LogP contribution < -0.4 is 19.6 Å². The quantitative estimate of drug-likeness (QED) is 0.480. The summed E-state index contributed by atoms with van der Waals surface area (Å²) >= 11 is 4.59. The van der Waals surface area contributed by atoms with Crippen molar-refractivity contribution in [2.45, 2.75) is 26.8 Å². The van der Waals surface area contributed by atoms with Crippen molar-refractivity contribution in [1.82, 2.24) is 4.57 Å². The van der Waals surface area contributed by atoms with Crippen molar-refractivity contribution in [2.24, 2.45) is 4.99 Å². The first kappa shape index (κ1) is 24.0. The normalized spacial score (nSPS) is 15.6.